The molecule has 136 valence electrons. The number of carbonyl (C=O) groups excluding carboxylic acids is 1. The zero-order valence-corrected chi connectivity index (χ0v) is 15.1. The van der Waals surface area contributed by atoms with Crippen LogP contribution < -0.4 is 10.2 Å². The number of amides is 1. The van der Waals surface area contributed by atoms with Gasteiger partial charge in [0.2, 0.25) is 5.91 Å². The van der Waals surface area contributed by atoms with E-state index in [1.54, 1.807) is 12.1 Å². The van der Waals surface area contributed by atoms with Crippen molar-refractivity contribution in [1.82, 2.24) is 4.90 Å². The summed E-state index contributed by atoms with van der Waals surface area (Å²) in [4.78, 5) is 27.4. The summed E-state index contributed by atoms with van der Waals surface area (Å²) in [5, 5.41) is 14.5. The third-order valence-corrected chi connectivity index (χ3v) is 4.69. The molecule has 7 heteroatoms. The minimum Gasteiger partial charge on any atom is -0.377 e. The van der Waals surface area contributed by atoms with E-state index in [2.05, 4.69) is 10.2 Å². The zero-order chi connectivity index (χ0) is 18.2. The lowest BCUT2D eigenvalue weighted by atomic mass is 9.94. The molecule has 1 amide bonds. The first kappa shape index (κ1) is 17.5. The van der Waals surface area contributed by atoms with Crippen LogP contribution in [0.15, 0.2) is 18.2 Å². The Morgan fingerprint density at radius 2 is 1.84 bits per heavy atom. The van der Waals surface area contributed by atoms with Crippen LogP contribution in [-0.2, 0) is 4.79 Å². The summed E-state index contributed by atoms with van der Waals surface area (Å²) in [6, 6.07) is 5.61. The quantitative estimate of drug-likeness (QED) is 0.670. The molecule has 1 heterocycles. The third-order valence-electron chi connectivity index (χ3n) is 4.69. The highest BCUT2D eigenvalue weighted by molar-refractivity contribution is 5.82. The summed E-state index contributed by atoms with van der Waals surface area (Å²) in [6.45, 7) is 8.65. The van der Waals surface area contributed by atoms with Gasteiger partial charge < -0.3 is 15.1 Å². The van der Waals surface area contributed by atoms with Crippen molar-refractivity contribution in [3.8, 4) is 0 Å². The molecular weight excluding hydrogens is 320 g/mol. The second kappa shape index (κ2) is 6.54. The summed E-state index contributed by atoms with van der Waals surface area (Å²) in [5.41, 5.74) is 1.32. The normalized spacial score (nSPS) is 18.2. The molecule has 1 saturated carbocycles. The second-order valence-electron chi connectivity index (χ2n) is 7.91. The highest BCUT2D eigenvalue weighted by Gasteiger charge is 2.30. The van der Waals surface area contributed by atoms with E-state index in [0.29, 0.717) is 24.8 Å². The van der Waals surface area contributed by atoms with Gasteiger partial charge in [0.05, 0.1) is 4.92 Å². The molecule has 2 fully saturated rings. The largest absolute Gasteiger partial charge is 0.377 e. The number of carbonyl (C=O) groups is 1. The minimum atomic E-state index is -0.364. The van der Waals surface area contributed by atoms with E-state index in [4.69, 9.17) is 0 Å². The van der Waals surface area contributed by atoms with Gasteiger partial charge >= 0.3 is 0 Å². The lowest BCUT2D eigenvalue weighted by Crippen LogP contribution is -2.51. The van der Waals surface area contributed by atoms with Gasteiger partial charge in [-0.1, -0.05) is 20.8 Å². The molecule has 7 nitrogen and oxygen atoms in total. The Morgan fingerprint density at radius 1 is 1.20 bits per heavy atom. The van der Waals surface area contributed by atoms with Crippen LogP contribution in [0, 0.1) is 15.5 Å². The van der Waals surface area contributed by atoms with Gasteiger partial charge in [0.15, 0.2) is 0 Å². The number of anilines is 2. The third kappa shape index (κ3) is 4.03. The molecule has 1 aliphatic heterocycles. The number of nitrogens with zero attached hydrogens (tertiary/aromatic N) is 3. The molecule has 1 aromatic rings. The van der Waals surface area contributed by atoms with E-state index < -0.39 is 0 Å². The molecule has 0 spiro atoms. The molecule has 0 unspecified atom stereocenters. The maximum absolute atomic E-state index is 12.4. The first-order valence-corrected chi connectivity index (χ1v) is 8.85. The second-order valence-corrected chi connectivity index (χ2v) is 7.91. The molecule has 1 saturated heterocycles. The van der Waals surface area contributed by atoms with Crippen LogP contribution in [0.4, 0.5) is 17.1 Å². The lowest BCUT2D eigenvalue weighted by molar-refractivity contribution is -0.384. The lowest BCUT2D eigenvalue weighted by Gasteiger charge is -2.38. The predicted molar refractivity (Wildman–Crippen MR) is 98.0 cm³/mol. The zero-order valence-electron chi connectivity index (χ0n) is 15.1. The van der Waals surface area contributed by atoms with Crippen LogP contribution in [0.25, 0.3) is 0 Å². The van der Waals surface area contributed by atoms with Crippen LogP contribution in [0.3, 0.4) is 0 Å². The first-order chi connectivity index (χ1) is 11.8. The maximum atomic E-state index is 12.4. The van der Waals surface area contributed by atoms with Gasteiger partial charge in [-0.15, -0.1) is 0 Å². The Balaban J connectivity index is 1.70. The summed E-state index contributed by atoms with van der Waals surface area (Å²) in [7, 11) is 0. The fraction of sp³-hybridized carbons (Fsp3) is 0.611. The van der Waals surface area contributed by atoms with Gasteiger partial charge in [0, 0.05) is 49.4 Å². The monoisotopic (exact) mass is 346 g/mol. The van der Waals surface area contributed by atoms with Crippen molar-refractivity contribution in [3.63, 3.8) is 0 Å². The molecule has 1 aliphatic carbocycles. The highest BCUT2D eigenvalue weighted by Crippen LogP contribution is 2.34. The van der Waals surface area contributed by atoms with E-state index >= 15 is 0 Å². The predicted octanol–water partition coefficient (Wildman–Crippen LogP) is 2.86. The molecular formula is C18H26N4O3. The van der Waals surface area contributed by atoms with Crippen LogP contribution >= 0.6 is 0 Å². The van der Waals surface area contributed by atoms with E-state index in [9.17, 15) is 14.9 Å². The van der Waals surface area contributed by atoms with Crippen molar-refractivity contribution < 1.29 is 9.72 Å². The van der Waals surface area contributed by atoms with Gasteiger partial charge in [0.1, 0.15) is 5.69 Å². The summed E-state index contributed by atoms with van der Waals surface area (Å²) in [6.07, 6.45) is 2.13. The number of piperazine rings is 1. The fourth-order valence-corrected chi connectivity index (χ4v) is 3.09. The number of hydrogen-bond acceptors (Lipinski definition) is 5. The Kier molecular flexibility index (Phi) is 4.58. The van der Waals surface area contributed by atoms with Crippen LogP contribution in [-0.4, -0.2) is 48.0 Å². The molecule has 0 bridgehead atoms. The Morgan fingerprint density at radius 3 is 2.36 bits per heavy atom. The average molecular weight is 346 g/mol. The van der Waals surface area contributed by atoms with E-state index in [1.165, 1.54) is 0 Å². The van der Waals surface area contributed by atoms with Crippen molar-refractivity contribution in [3.05, 3.63) is 28.3 Å². The van der Waals surface area contributed by atoms with Gasteiger partial charge in [0.25, 0.3) is 5.69 Å². The van der Waals surface area contributed by atoms with Crippen molar-refractivity contribution >= 4 is 23.0 Å². The average Bonchev–Trinajstić information content (AvgIpc) is 3.37. The number of rotatable bonds is 4. The van der Waals surface area contributed by atoms with Crippen LogP contribution in [0.5, 0.6) is 0 Å². The minimum absolute atomic E-state index is 0.122. The first-order valence-electron chi connectivity index (χ1n) is 8.85. The van der Waals surface area contributed by atoms with Gasteiger partial charge in [-0.2, -0.15) is 0 Å². The number of hydrogen-bond donors (Lipinski definition) is 1. The van der Waals surface area contributed by atoms with E-state index in [-0.39, 0.29) is 21.9 Å². The standard InChI is InChI=1S/C18H26N4O3/c1-18(2,3)17(23)21-10-8-20(9-11-21)14-6-7-16(22(24)25)15(12-14)19-13-4-5-13/h6-7,12-13,19H,4-5,8-11H2,1-3H3. The van der Waals surface area contributed by atoms with Gasteiger partial charge in [-0.25, -0.2) is 0 Å². The smallest absolute Gasteiger partial charge is 0.292 e. The van der Waals surface area contributed by atoms with Gasteiger partial charge in [-0.3, -0.25) is 14.9 Å². The van der Waals surface area contributed by atoms with Crippen molar-refractivity contribution in [2.75, 3.05) is 36.4 Å². The van der Waals surface area contributed by atoms with Crippen molar-refractivity contribution in [2.24, 2.45) is 5.41 Å². The Bertz CT molecular complexity index is 671. The summed E-state index contributed by atoms with van der Waals surface area (Å²) >= 11 is 0. The van der Waals surface area contributed by atoms with Gasteiger partial charge in [-0.05, 0) is 25.0 Å². The summed E-state index contributed by atoms with van der Waals surface area (Å²) in [5.74, 6) is 0.173. The molecule has 0 aromatic heterocycles. The highest BCUT2D eigenvalue weighted by atomic mass is 16.6. The number of nitrogens with one attached hydrogen (secondary N) is 1. The molecule has 3 rings (SSSR count). The maximum Gasteiger partial charge on any atom is 0.292 e. The Hall–Kier alpha value is -2.31. The Labute approximate surface area is 148 Å². The van der Waals surface area contributed by atoms with Crippen LogP contribution in [0.2, 0.25) is 0 Å². The van der Waals surface area contributed by atoms with E-state index in [0.717, 1.165) is 31.6 Å². The van der Waals surface area contributed by atoms with E-state index in [1.807, 2.05) is 31.7 Å². The molecule has 1 N–H and O–H groups in total. The topological polar surface area (TPSA) is 78.7 Å². The molecule has 1 aromatic carbocycles. The molecule has 25 heavy (non-hydrogen) atoms. The number of nitro benzene ring substituents is 1. The molecule has 0 radical (unpaired) electrons. The fourth-order valence-electron chi connectivity index (χ4n) is 3.09. The summed E-state index contributed by atoms with van der Waals surface area (Å²) < 4.78 is 0. The van der Waals surface area contributed by atoms with Crippen molar-refractivity contribution in [1.29, 1.82) is 0 Å². The molecule has 0 atom stereocenters. The number of benzene rings is 1. The van der Waals surface area contributed by atoms with Crippen molar-refractivity contribution in [2.45, 2.75) is 39.7 Å². The number of nitro groups is 1. The SMILES string of the molecule is CC(C)(C)C(=O)N1CCN(c2ccc([N+](=O)[O-])c(NC3CC3)c2)CC1. The molecule has 2 aliphatic rings. The van der Waals surface area contributed by atoms with Crippen LogP contribution in [0.1, 0.15) is 33.6 Å².